The molecule has 0 aromatic heterocycles. The van der Waals surface area contributed by atoms with Crippen LogP contribution >= 0.6 is 12.2 Å². The third-order valence-corrected chi connectivity index (χ3v) is 3.27. The molecule has 0 spiro atoms. The highest BCUT2D eigenvalue weighted by Crippen LogP contribution is 2.17. The molecule has 0 amide bonds. The molecule has 0 unspecified atom stereocenters. The van der Waals surface area contributed by atoms with E-state index in [0.29, 0.717) is 6.04 Å². The first kappa shape index (κ1) is 12.8. The van der Waals surface area contributed by atoms with Gasteiger partial charge >= 0.3 is 0 Å². The van der Waals surface area contributed by atoms with Crippen LogP contribution < -0.4 is 10.6 Å². The molecule has 0 aliphatic heterocycles. The Kier molecular flexibility index (Phi) is 6.73. The quantitative estimate of drug-likeness (QED) is 0.540. The van der Waals surface area contributed by atoms with Gasteiger partial charge in [-0.15, -0.1) is 0 Å². The average molecular weight is 228 g/mol. The summed E-state index contributed by atoms with van der Waals surface area (Å²) in [5.41, 5.74) is 0. The lowest BCUT2D eigenvalue weighted by Gasteiger charge is -2.15. The summed E-state index contributed by atoms with van der Waals surface area (Å²) in [7, 11) is 0. The van der Waals surface area contributed by atoms with Gasteiger partial charge < -0.3 is 10.6 Å². The fourth-order valence-electron chi connectivity index (χ4n) is 2.06. The molecule has 1 rings (SSSR count). The maximum atomic E-state index is 5.25. The van der Waals surface area contributed by atoms with Crippen LogP contribution in [0.3, 0.4) is 0 Å². The molecule has 1 saturated carbocycles. The van der Waals surface area contributed by atoms with Crippen LogP contribution in [0, 0.1) is 0 Å². The SMILES string of the molecule is CCCCCCNC(=S)NC1CCCC1. The van der Waals surface area contributed by atoms with E-state index in [2.05, 4.69) is 17.6 Å². The monoisotopic (exact) mass is 228 g/mol. The van der Waals surface area contributed by atoms with Crippen molar-refractivity contribution in [2.45, 2.75) is 64.3 Å². The first-order chi connectivity index (χ1) is 7.33. The van der Waals surface area contributed by atoms with Crippen molar-refractivity contribution in [1.29, 1.82) is 0 Å². The van der Waals surface area contributed by atoms with Crippen molar-refractivity contribution in [2.75, 3.05) is 6.54 Å². The van der Waals surface area contributed by atoms with Crippen LogP contribution in [0.4, 0.5) is 0 Å². The van der Waals surface area contributed by atoms with Crippen molar-refractivity contribution in [3.8, 4) is 0 Å². The highest BCUT2D eigenvalue weighted by molar-refractivity contribution is 7.80. The van der Waals surface area contributed by atoms with Gasteiger partial charge in [-0.1, -0.05) is 39.0 Å². The van der Waals surface area contributed by atoms with Gasteiger partial charge in [0, 0.05) is 12.6 Å². The molecule has 3 heteroatoms. The van der Waals surface area contributed by atoms with Crippen LogP contribution in [-0.2, 0) is 0 Å². The number of unbranched alkanes of at least 4 members (excludes halogenated alkanes) is 3. The van der Waals surface area contributed by atoms with Crippen LogP contribution in [-0.4, -0.2) is 17.7 Å². The zero-order chi connectivity index (χ0) is 10.9. The van der Waals surface area contributed by atoms with Gasteiger partial charge in [-0.05, 0) is 31.5 Å². The summed E-state index contributed by atoms with van der Waals surface area (Å²) in [6.07, 6.45) is 10.5. The van der Waals surface area contributed by atoms with Crippen LogP contribution in [0.5, 0.6) is 0 Å². The van der Waals surface area contributed by atoms with Gasteiger partial charge in [0.1, 0.15) is 0 Å². The Hall–Kier alpha value is -0.310. The normalized spacial score (nSPS) is 16.6. The Labute approximate surface area is 99.2 Å². The average Bonchev–Trinajstić information content (AvgIpc) is 2.70. The van der Waals surface area contributed by atoms with Crippen LogP contribution in [0.15, 0.2) is 0 Å². The highest BCUT2D eigenvalue weighted by atomic mass is 32.1. The summed E-state index contributed by atoms with van der Waals surface area (Å²) >= 11 is 5.25. The zero-order valence-corrected chi connectivity index (χ0v) is 10.7. The molecule has 0 radical (unpaired) electrons. The highest BCUT2D eigenvalue weighted by Gasteiger charge is 2.14. The smallest absolute Gasteiger partial charge is 0.166 e. The Bertz CT molecular complexity index is 176. The minimum Gasteiger partial charge on any atom is -0.363 e. The molecule has 15 heavy (non-hydrogen) atoms. The lowest BCUT2D eigenvalue weighted by Crippen LogP contribution is -2.40. The summed E-state index contributed by atoms with van der Waals surface area (Å²) in [5.74, 6) is 0. The number of rotatable bonds is 6. The number of hydrogen-bond donors (Lipinski definition) is 2. The molecular formula is C12H24N2S. The predicted molar refractivity (Wildman–Crippen MR) is 70.1 cm³/mol. The molecule has 0 heterocycles. The predicted octanol–water partition coefficient (Wildman–Crippen LogP) is 2.97. The lowest BCUT2D eigenvalue weighted by atomic mass is 10.2. The van der Waals surface area contributed by atoms with E-state index in [-0.39, 0.29) is 0 Å². The molecule has 2 N–H and O–H groups in total. The van der Waals surface area contributed by atoms with E-state index in [0.717, 1.165) is 11.7 Å². The summed E-state index contributed by atoms with van der Waals surface area (Å²) < 4.78 is 0. The third-order valence-electron chi connectivity index (χ3n) is 3.01. The number of thiocarbonyl (C=S) groups is 1. The molecule has 0 saturated heterocycles. The van der Waals surface area contributed by atoms with Gasteiger partial charge in [0.2, 0.25) is 0 Å². The maximum absolute atomic E-state index is 5.25. The lowest BCUT2D eigenvalue weighted by molar-refractivity contribution is 0.609. The second-order valence-electron chi connectivity index (χ2n) is 4.44. The summed E-state index contributed by atoms with van der Waals surface area (Å²) in [6, 6.07) is 0.639. The molecule has 0 atom stereocenters. The van der Waals surface area contributed by atoms with E-state index in [9.17, 15) is 0 Å². The fourth-order valence-corrected chi connectivity index (χ4v) is 2.33. The minimum atomic E-state index is 0.639. The van der Waals surface area contributed by atoms with Gasteiger partial charge in [0.05, 0.1) is 0 Å². The Morgan fingerprint density at radius 3 is 2.60 bits per heavy atom. The molecule has 1 fully saturated rings. The molecule has 0 aromatic rings. The summed E-state index contributed by atoms with van der Waals surface area (Å²) in [4.78, 5) is 0. The van der Waals surface area contributed by atoms with E-state index in [1.54, 1.807) is 0 Å². The molecule has 88 valence electrons. The Morgan fingerprint density at radius 2 is 1.93 bits per heavy atom. The Morgan fingerprint density at radius 1 is 1.20 bits per heavy atom. The van der Waals surface area contributed by atoms with Crippen LogP contribution in [0.1, 0.15) is 58.3 Å². The first-order valence-electron chi connectivity index (χ1n) is 6.37. The van der Waals surface area contributed by atoms with Gasteiger partial charge in [-0.25, -0.2) is 0 Å². The standard InChI is InChI=1S/C12H24N2S/c1-2-3-4-7-10-13-12(15)14-11-8-5-6-9-11/h11H,2-10H2,1H3,(H2,13,14,15). The van der Waals surface area contributed by atoms with E-state index in [1.807, 2.05) is 0 Å². The van der Waals surface area contributed by atoms with Crippen molar-refractivity contribution in [1.82, 2.24) is 10.6 Å². The fraction of sp³-hybridized carbons (Fsp3) is 0.917. The van der Waals surface area contributed by atoms with Crippen LogP contribution in [0.2, 0.25) is 0 Å². The molecule has 0 aromatic carbocycles. The van der Waals surface area contributed by atoms with E-state index in [4.69, 9.17) is 12.2 Å². The minimum absolute atomic E-state index is 0.639. The molecule has 1 aliphatic rings. The zero-order valence-electron chi connectivity index (χ0n) is 9.85. The van der Waals surface area contributed by atoms with Gasteiger partial charge in [0.15, 0.2) is 5.11 Å². The van der Waals surface area contributed by atoms with Crippen molar-refractivity contribution in [2.24, 2.45) is 0 Å². The van der Waals surface area contributed by atoms with E-state index >= 15 is 0 Å². The second-order valence-corrected chi connectivity index (χ2v) is 4.85. The van der Waals surface area contributed by atoms with E-state index < -0.39 is 0 Å². The number of nitrogens with one attached hydrogen (secondary N) is 2. The molecule has 1 aliphatic carbocycles. The first-order valence-corrected chi connectivity index (χ1v) is 6.78. The topological polar surface area (TPSA) is 24.1 Å². The Balaban J connectivity index is 1.93. The summed E-state index contributed by atoms with van der Waals surface area (Å²) in [5, 5.41) is 7.54. The van der Waals surface area contributed by atoms with E-state index in [1.165, 1.54) is 51.4 Å². The maximum Gasteiger partial charge on any atom is 0.166 e. The number of hydrogen-bond acceptors (Lipinski definition) is 1. The van der Waals surface area contributed by atoms with Gasteiger partial charge in [-0.3, -0.25) is 0 Å². The van der Waals surface area contributed by atoms with Crippen molar-refractivity contribution >= 4 is 17.3 Å². The second kappa shape index (κ2) is 7.91. The van der Waals surface area contributed by atoms with Crippen molar-refractivity contribution in [3.05, 3.63) is 0 Å². The van der Waals surface area contributed by atoms with Gasteiger partial charge in [0.25, 0.3) is 0 Å². The van der Waals surface area contributed by atoms with Crippen molar-refractivity contribution in [3.63, 3.8) is 0 Å². The summed E-state index contributed by atoms with van der Waals surface area (Å²) in [6.45, 7) is 3.26. The third kappa shape index (κ3) is 5.98. The van der Waals surface area contributed by atoms with Crippen molar-refractivity contribution < 1.29 is 0 Å². The largest absolute Gasteiger partial charge is 0.363 e. The molecule has 0 bridgehead atoms. The molecule has 2 nitrogen and oxygen atoms in total. The van der Waals surface area contributed by atoms with Gasteiger partial charge in [-0.2, -0.15) is 0 Å². The molecular weight excluding hydrogens is 204 g/mol. The van der Waals surface area contributed by atoms with Crippen LogP contribution in [0.25, 0.3) is 0 Å².